The predicted octanol–water partition coefficient (Wildman–Crippen LogP) is 2.67. The standard InChI is InChI=1S/C20H18N2O3/c21-13-15-5-4-8-17(11-15)20(24)22-9-10-25-14-18(22)12-19(23)16-6-2-1-3-7-16/h1-8,11,18H,9-10,12,14H2/t18-/m1/s1. The fourth-order valence-corrected chi connectivity index (χ4v) is 2.93. The summed E-state index contributed by atoms with van der Waals surface area (Å²) in [7, 11) is 0. The van der Waals surface area contributed by atoms with Crippen molar-refractivity contribution in [2.75, 3.05) is 19.8 Å². The van der Waals surface area contributed by atoms with E-state index >= 15 is 0 Å². The summed E-state index contributed by atoms with van der Waals surface area (Å²) in [4.78, 5) is 27.0. The number of benzene rings is 2. The van der Waals surface area contributed by atoms with Crippen molar-refractivity contribution in [3.8, 4) is 6.07 Å². The lowest BCUT2D eigenvalue weighted by Crippen LogP contribution is -2.49. The van der Waals surface area contributed by atoms with Crippen LogP contribution in [0.1, 0.15) is 32.7 Å². The Labute approximate surface area is 146 Å². The summed E-state index contributed by atoms with van der Waals surface area (Å²) in [5.41, 5.74) is 1.53. The van der Waals surface area contributed by atoms with Gasteiger partial charge in [0.15, 0.2) is 5.78 Å². The van der Waals surface area contributed by atoms with Crippen molar-refractivity contribution in [1.82, 2.24) is 4.90 Å². The molecule has 0 unspecified atom stereocenters. The van der Waals surface area contributed by atoms with Gasteiger partial charge in [0.05, 0.1) is 30.9 Å². The molecule has 1 aliphatic rings. The van der Waals surface area contributed by atoms with Gasteiger partial charge in [-0.05, 0) is 18.2 Å². The van der Waals surface area contributed by atoms with Gasteiger partial charge in [-0.15, -0.1) is 0 Å². The van der Waals surface area contributed by atoms with E-state index in [-0.39, 0.29) is 24.2 Å². The van der Waals surface area contributed by atoms with E-state index in [1.807, 2.05) is 24.3 Å². The summed E-state index contributed by atoms with van der Waals surface area (Å²) in [6, 6.07) is 17.4. The molecule has 0 N–H and O–H groups in total. The number of Topliss-reactive ketones (excluding diaryl/α,β-unsaturated/α-hetero) is 1. The molecule has 1 atom stereocenters. The van der Waals surface area contributed by atoms with E-state index in [0.29, 0.717) is 36.4 Å². The van der Waals surface area contributed by atoms with Gasteiger partial charge in [-0.1, -0.05) is 36.4 Å². The van der Waals surface area contributed by atoms with Gasteiger partial charge >= 0.3 is 0 Å². The fourth-order valence-electron chi connectivity index (χ4n) is 2.93. The quantitative estimate of drug-likeness (QED) is 0.806. The zero-order valence-corrected chi connectivity index (χ0v) is 13.7. The third-order valence-electron chi connectivity index (χ3n) is 4.24. The highest BCUT2D eigenvalue weighted by Gasteiger charge is 2.30. The number of morpholine rings is 1. The second kappa shape index (κ2) is 7.73. The van der Waals surface area contributed by atoms with Gasteiger partial charge in [0.25, 0.3) is 5.91 Å². The zero-order valence-electron chi connectivity index (χ0n) is 13.7. The Hall–Kier alpha value is -2.97. The number of carbonyl (C=O) groups excluding carboxylic acids is 2. The van der Waals surface area contributed by atoms with Gasteiger partial charge in [0.1, 0.15) is 0 Å². The molecule has 5 nitrogen and oxygen atoms in total. The van der Waals surface area contributed by atoms with Gasteiger partial charge < -0.3 is 9.64 Å². The minimum absolute atomic E-state index is 0.0142. The molecular formula is C20H18N2O3. The Balaban J connectivity index is 1.77. The van der Waals surface area contributed by atoms with Gasteiger partial charge in [-0.25, -0.2) is 0 Å². The monoisotopic (exact) mass is 334 g/mol. The molecule has 0 spiro atoms. The van der Waals surface area contributed by atoms with E-state index in [9.17, 15) is 9.59 Å². The second-order valence-corrected chi connectivity index (χ2v) is 5.91. The second-order valence-electron chi connectivity index (χ2n) is 5.91. The molecule has 1 amide bonds. The SMILES string of the molecule is N#Cc1cccc(C(=O)N2CCOC[C@H]2CC(=O)c2ccccc2)c1. The maximum Gasteiger partial charge on any atom is 0.254 e. The molecule has 0 aliphatic carbocycles. The smallest absolute Gasteiger partial charge is 0.254 e. The Morgan fingerprint density at radius 3 is 2.64 bits per heavy atom. The first-order valence-corrected chi connectivity index (χ1v) is 8.16. The predicted molar refractivity (Wildman–Crippen MR) is 92.2 cm³/mol. The third kappa shape index (κ3) is 3.93. The summed E-state index contributed by atoms with van der Waals surface area (Å²) < 4.78 is 5.48. The van der Waals surface area contributed by atoms with Crippen LogP contribution in [0.2, 0.25) is 0 Å². The Bertz CT molecular complexity index is 811. The number of hydrogen-bond donors (Lipinski definition) is 0. The molecular weight excluding hydrogens is 316 g/mol. The van der Waals surface area contributed by atoms with E-state index in [1.165, 1.54) is 0 Å². The largest absolute Gasteiger partial charge is 0.377 e. The lowest BCUT2D eigenvalue weighted by molar-refractivity contribution is -0.00281. The van der Waals surface area contributed by atoms with Crippen molar-refractivity contribution in [2.24, 2.45) is 0 Å². The number of nitriles is 1. The van der Waals surface area contributed by atoms with E-state index in [2.05, 4.69) is 0 Å². The Morgan fingerprint density at radius 1 is 1.12 bits per heavy atom. The molecule has 126 valence electrons. The van der Waals surface area contributed by atoms with E-state index in [4.69, 9.17) is 10.00 Å². The molecule has 3 rings (SSSR count). The van der Waals surface area contributed by atoms with Crippen molar-refractivity contribution in [1.29, 1.82) is 5.26 Å². The van der Waals surface area contributed by atoms with Crippen LogP contribution in [0.3, 0.4) is 0 Å². The molecule has 1 saturated heterocycles. The van der Waals surface area contributed by atoms with Crippen LogP contribution in [0.15, 0.2) is 54.6 Å². The molecule has 1 heterocycles. The molecule has 2 aromatic rings. The number of ether oxygens (including phenoxy) is 1. The van der Waals surface area contributed by atoms with Gasteiger partial charge in [0, 0.05) is 24.1 Å². The number of hydrogen-bond acceptors (Lipinski definition) is 4. The summed E-state index contributed by atoms with van der Waals surface area (Å²) in [5.74, 6) is -0.189. The first-order valence-electron chi connectivity index (χ1n) is 8.16. The third-order valence-corrected chi connectivity index (χ3v) is 4.24. The minimum atomic E-state index is -0.306. The zero-order chi connectivity index (χ0) is 17.6. The summed E-state index contributed by atoms with van der Waals surface area (Å²) in [6.07, 6.45) is 0.216. The fraction of sp³-hybridized carbons (Fsp3) is 0.250. The lowest BCUT2D eigenvalue weighted by Gasteiger charge is -2.35. The average Bonchev–Trinajstić information content (AvgIpc) is 2.68. The van der Waals surface area contributed by atoms with Gasteiger partial charge in [-0.3, -0.25) is 9.59 Å². The first-order chi connectivity index (χ1) is 12.2. The number of rotatable bonds is 4. The maximum atomic E-state index is 12.8. The number of ketones is 1. The average molecular weight is 334 g/mol. The number of nitrogens with zero attached hydrogens (tertiary/aromatic N) is 2. The van der Waals surface area contributed by atoms with Crippen LogP contribution in [0.4, 0.5) is 0 Å². The maximum absolute atomic E-state index is 12.8. The van der Waals surface area contributed by atoms with E-state index in [0.717, 1.165) is 0 Å². The van der Waals surface area contributed by atoms with Gasteiger partial charge in [0.2, 0.25) is 0 Å². The molecule has 2 aromatic carbocycles. The highest BCUT2D eigenvalue weighted by molar-refractivity contribution is 5.98. The Morgan fingerprint density at radius 2 is 1.88 bits per heavy atom. The van der Waals surface area contributed by atoms with Crippen molar-refractivity contribution >= 4 is 11.7 Å². The molecule has 1 fully saturated rings. The molecule has 0 radical (unpaired) electrons. The highest BCUT2D eigenvalue weighted by Crippen LogP contribution is 2.18. The van der Waals surface area contributed by atoms with Crippen LogP contribution >= 0.6 is 0 Å². The Kier molecular flexibility index (Phi) is 5.22. The van der Waals surface area contributed by atoms with Crippen LogP contribution in [0.25, 0.3) is 0 Å². The molecule has 1 aliphatic heterocycles. The minimum Gasteiger partial charge on any atom is -0.377 e. The van der Waals surface area contributed by atoms with Crippen LogP contribution in [-0.4, -0.2) is 42.4 Å². The van der Waals surface area contributed by atoms with Crippen LogP contribution in [-0.2, 0) is 4.74 Å². The molecule has 0 bridgehead atoms. The lowest BCUT2D eigenvalue weighted by atomic mass is 10.0. The number of carbonyl (C=O) groups is 2. The number of amides is 1. The van der Waals surface area contributed by atoms with Crippen LogP contribution in [0, 0.1) is 11.3 Å². The summed E-state index contributed by atoms with van der Waals surface area (Å²) in [5, 5.41) is 9.01. The molecule has 0 aromatic heterocycles. The van der Waals surface area contributed by atoms with Crippen LogP contribution in [0.5, 0.6) is 0 Å². The van der Waals surface area contributed by atoms with E-state index in [1.54, 1.807) is 41.3 Å². The van der Waals surface area contributed by atoms with Gasteiger partial charge in [-0.2, -0.15) is 5.26 Å². The highest BCUT2D eigenvalue weighted by atomic mass is 16.5. The summed E-state index contributed by atoms with van der Waals surface area (Å²) >= 11 is 0. The molecule has 0 saturated carbocycles. The van der Waals surface area contributed by atoms with Crippen molar-refractivity contribution in [3.63, 3.8) is 0 Å². The topological polar surface area (TPSA) is 70.4 Å². The van der Waals surface area contributed by atoms with E-state index < -0.39 is 0 Å². The van der Waals surface area contributed by atoms with Crippen molar-refractivity contribution in [3.05, 3.63) is 71.3 Å². The molecule has 5 heteroatoms. The summed E-state index contributed by atoms with van der Waals surface area (Å²) in [6.45, 7) is 1.21. The first kappa shape index (κ1) is 16.9. The van der Waals surface area contributed by atoms with Crippen molar-refractivity contribution < 1.29 is 14.3 Å². The van der Waals surface area contributed by atoms with Crippen molar-refractivity contribution in [2.45, 2.75) is 12.5 Å². The molecule has 25 heavy (non-hydrogen) atoms. The van der Waals surface area contributed by atoms with Crippen LogP contribution < -0.4 is 0 Å². The normalized spacial score (nSPS) is 16.9.